The average molecular weight is 250 g/mol. The molecule has 0 unspecified atom stereocenters. The average Bonchev–Trinajstić information content (AvgIpc) is 2.25. The molecule has 1 saturated heterocycles. The summed E-state index contributed by atoms with van der Waals surface area (Å²) in [6, 6.07) is 7.81. The molecule has 1 atom stereocenters. The Morgan fingerprint density at radius 2 is 2.06 bits per heavy atom. The van der Waals surface area contributed by atoms with Crippen LogP contribution >= 0.6 is 12.2 Å². The molecule has 1 aliphatic heterocycles. The standard InChI is InChI=1S/C13H18N2OS/c1-12(2)11(17)15-13(3,8-16-12)9-5-4-6-10(14)7-9/h4-7H,8,14H2,1-3H3,(H,15,17)/t13-/m0/s1. The van der Waals surface area contributed by atoms with Crippen molar-refractivity contribution in [2.75, 3.05) is 12.3 Å². The predicted molar refractivity (Wildman–Crippen MR) is 74.0 cm³/mol. The zero-order chi connectivity index (χ0) is 12.7. The van der Waals surface area contributed by atoms with Crippen LogP contribution in [0.1, 0.15) is 26.3 Å². The van der Waals surface area contributed by atoms with Crippen LogP contribution in [0, 0.1) is 0 Å². The van der Waals surface area contributed by atoms with Crippen LogP contribution in [0.5, 0.6) is 0 Å². The summed E-state index contributed by atoms with van der Waals surface area (Å²) < 4.78 is 5.84. The van der Waals surface area contributed by atoms with Crippen molar-refractivity contribution in [3.63, 3.8) is 0 Å². The van der Waals surface area contributed by atoms with Crippen LogP contribution in [-0.2, 0) is 10.3 Å². The summed E-state index contributed by atoms with van der Waals surface area (Å²) >= 11 is 5.36. The highest BCUT2D eigenvalue weighted by molar-refractivity contribution is 7.80. The van der Waals surface area contributed by atoms with Gasteiger partial charge in [0, 0.05) is 5.69 Å². The van der Waals surface area contributed by atoms with E-state index in [0.29, 0.717) is 6.61 Å². The molecule has 0 aromatic heterocycles. The van der Waals surface area contributed by atoms with E-state index in [4.69, 9.17) is 22.7 Å². The van der Waals surface area contributed by atoms with E-state index in [9.17, 15) is 0 Å². The maximum absolute atomic E-state index is 5.84. The minimum absolute atomic E-state index is 0.304. The normalized spacial score (nSPS) is 27.6. The molecule has 1 fully saturated rings. The van der Waals surface area contributed by atoms with Crippen LogP contribution in [0.15, 0.2) is 24.3 Å². The van der Waals surface area contributed by atoms with Crippen LogP contribution in [-0.4, -0.2) is 17.2 Å². The third kappa shape index (κ3) is 2.28. The van der Waals surface area contributed by atoms with Gasteiger partial charge in [-0.1, -0.05) is 24.4 Å². The zero-order valence-corrected chi connectivity index (χ0v) is 11.2. The van der Waals surface area contributed by atoms with E-state index >= 15 is 0 Å². The first kappa shape index (κ1) is 12.3. The molecular formula is C13H18N2OS. The molecule has 1 heterocycles. The minimum atomic E-state index is -0.394. The fourth-order valence-corrected chi connectivity index (χ4v) is 2.15. The van der Waals surface area contributed by atoms with Gasteiger partial charge in [0.1, 0.15) is 10.6 Å². The number of rotatable bonds is 1. The largest absolute Gasteiger partial charge is 0.399 e. The lowest BCUT2D eigenvalue weighted by atomic mass is 9.89. The molecule has 0 saturated carbocycles. The molecule has 17 heavy (non-hydrogen) atoms. The number of benzene rings is 1. The predicted octanol–water partition coefficient (Wildman–Crippen LogP) is 2.21. The quantitative estimate of drug-likeness (QED) is 0.592. The summed E-state index contributed by atoms with van der Waals surface area (Å²) in [5.74, 6) is 0. The van der Waals surface area contributed by atoms with Gasteiger partial charge < -0.3 is 15.8 Å². The van der Waals surface area contributed by atoms with Crippen LogP contribution in [0.2, 0.25) is 0 Å². The molecule has 92 valence electrons. The fourth-order valence-electron chi connectivity index (χ4n) is 1.86. The molecule has 1 aromatic carbocycles. The van der Waals surface area contributed by atoms with Crippen molar-refractivity contribution < 1.29 is 4.74 Å². The number of hydrogen-bond acceptors (Lipinski definition) is 3. The van der Waals surface area contributed by atoms with Crippen molar-refractivity contribution in [3.05, 3.63) is 29.8 Å². The SMILES string of the molecule is CC1(C)OC[C@@](C)(c2cccc(N)c2)NC1=S. The van der Waals surface area contributed by atoms with E-state index < -0.39 is 5.60 Å². The molecule has 3 N–H and O–H groups in total. The smallest absolute Gasteiger partial charge is 0.112 e. The summed E-state index contributed by atoms with van der Waals surface area (Å²) in [5.41, 5.74) is 6.96. The molecule has 2 rings (SSSR count). The van der Waals surface area contributed by atoms with Crippen LogP contribution in [0.4, 0.5) is 5.69 Å². The van der Waals surface area contributed by atoms with Gasteiger partial charge in [0.2, 0.25) is 0 Å². The van der Waals surface area contributed by atoms with E-state index in [1.807, 2.05) is 38.1 Å². The summed E-state index contributed by atoms with van der Waals surface area (Å²) in [4.78, 5) is 0.730. The third-order valence-corrected chi connectivity index (χ3v) is 3.78. The highest BCUT2D eigenvalue weighted by Gasteiger charge is 2.40. The molecule has 0 aliphatic carbocycles. The second-order valence-electron chi connectivity index (χ2n) is 5.21. The zero-order valence-electron chi connectivity index (χ0n) is 10.4. The number of nitrogen functional groups attached to an aromatic ring is 1. The van der Waals surface area contributed by atoms with Gasteiger partial charge in [0.05, 0.1) is 12.1 Å². The van der Waals surface area contributed by atoms with E-state index in [1.54, 1.807) is 0 Å². The number of ether oxygens (including phenoxy) is 1. The highest BCUT2D eigenvalue weighted by Crippen LogP contribution is 2.30. The molecule has 0 amide bonds. The molecule has 0 spiro atoms. The van der Waals surface area contributed by atoms with Gasteiger partial charge in [0.25, 0.3) is 0 Å². The Balaban J connectivity index is 2.30. The van der Waals surface area contributed by atoms with Crippen molar-refractivity contribution in [3.8, 4) is 0 Å². The molecule has 0 bridgehead atoms. The number of morpholine rings is 1. The molecule has 1 aromatic rings. The van der Waals surface area contributed by atoms with Gasteiger partial charge in [0.15, 0.2) is 0 Å². The maximum Gasteiger partial charge on any atom is 0.112 e. The lowest BCUT2D eigenvalue weighted by molar-refractivity contribution is -0.0216. The first-order valence-corrected chi connectivity index (χ1v) is 6.07. The Bertz CT molecular complexity index is 458. The van der Waals surface area contributed by atoms with Crippen LogP contribution in [0.25, 0.3) is 0 Å². The van der Waals surface area contributed by atoms with Crippen molar-refractivity contribution in [1.29, 1.82) is 0 Å². The van der Waals surface area contributed by atoms with E-state index in [2.05, 4.69) is 12.2 Å². The monoisotopic (exact) mass is 250 g/mol. The van der Waals surface area contributed by atoms with E-state index in [-0.39, 0.29) is 5.54 Å². The number of anilines is 1. The second-order valence-corrected chi connectivity index (χ2v) is 5.62. The van der Waals surface area contributed by atoms with Gasteiger partial charge >= 0.3 is 0 Å². The first-order valence-electron chi connectivity index (χ1n) is 5.66. The molecule has 3 nitrogen and oxygen atoms in total. The lowest BCUT2D eigenvalue weighted by Gasteiger charge is -2.44. The maximum atomic E-state index is 5.84. The Labute approximate surface area is 107 Å². The van der Waals surface area contributed by atoms with Crippen LogP contribution in [0.3, 0.4) is 0 Å². The second kappa shape index (κ2) is 3.96. The Morgan fingerprint density at radius 3 is 2.65 bits per heavy atom. The van der Waals surface area contributed by atoms with Crippen molar-refractivity contribution in [2.24, 2.45) is 0 Å². The number of hydrogen-bond donors (Lipinski definition) is 2. The van der Waals surface area contributed by atoms with Gasteiger partial charge in [-0.2, -0.15) is 0 Å². The number of nitrogens with one attached hydrogen (secondary N) is 1. The summed E-state index contributed by atoms with van der Waals surface area (Å²) in [6.07, 6.45) is 0. The van der Waals surface area contributed by atoms with E-state index in [1.165, 1.54) is 0 Å². The molecule has 0 radical (unpaired) electrons. The Morgan fingerprint density at radius 1 is 1.35 bits per heavy atom. The fraction of sp³-hybridized carbons (Fsp3) is 0.462. The van der Waals surface area contributed by atoms with Crippen molar-refractivity contribution in [2.45, 2.75) is 31.9 Å². The summed E-state index contributed by atoms with van der Waals surface area (Å²) in [6.45, 7) is 6.59. The lowest BCUT2D eigenvalue weighted by Crippen LogP contribution is -2.59. The van der Waals surface area contributed by atoms with Crippen molar-refractivity contribution in [1.82, 2.24) is 5.32 Å². The van der Waals surface area contributed by atoms with Gasteiger partial charge in [-0.15, -0.1) is 0 Å². The third-order valence-electron chi connectivity index (χ3n) is 3.18. The Kier molecular flexibility index (Phi) is 2.87. The number of nitrogens with two attached hydrogens (primary N) is 1. The summed E-state index contributed by atoms with van der Waals surface area (Å²) in [7, 11) is 0. The molecular weight excluding hydrogens is 232 g/mol. The van der Waals surface area contributed by atoms with Crippen molar-refractivity contribution >= 4 is 22.9 Å². The van der Waals surface area contributed by atoms with Gasteiger partial charge in [-0.3, -0.25) is 0 Å². The number of thiocarbonyl (C=S) groups is 1. The topological polar surface area (TPSA) is 47.3 Å². The minimum Gasteiger partial charge on any atom is -0.399 e. The molecule has 1 aliphatic rings. The highest BCUT2D eigenvalue weighted by atomic mass is 32.1. The molecule has 4 heteroatoms. The van der Waals surface area contributed by atoms with Gasteiger partial charge in [-0.05, 0) is 38.5 Å². The Hall–Kier alpha value is -1.13. The van der Waals surface area contributed by atoms with E-state index in [0.717, 1.165) is 16.2 Å². The van der Waals surface area contributed by atoms with Crippen LogP contribution < -0.4 is 11.1 Å². The first-order chi connectivity index (χ1) is 7.83. The van der Waals surface area contributed by atoms with Gasteiger partial charge in [-0.25, -0.2) is 0 Å². The summed E-state index contributed by atoms with van der Waals surface area (Å²) in [5, 5.41) is 3.38.